The molecule has 4 nitrogen and oxygen atoms in total. The molecule has 0 saturated heterocycles. The van der Waals surface area contributed by atoms with Gasteiger partial charge >= 0.3 is 5.97 Å². The van der Waals surface area contributed by atoms with E-state index < -0.39 is 12.4 Å². The topological polar surface area (TPSA) is 48.4 Å². The normalized spacial score (nSPS) is 10.5. The van der Waals surface area contributed by atoms with Crippen molar-refractivity contribution in [3.8, 4) is 5.75 Å². The van der Waals surface area contributed by atoms with Gasteiger partial charge in [-0.2, -0.15) is 0 Å². The first kappa shape index (κ1) is 13.3. The van der Waals surface area contributed by atoms with E-state index in [1.54, 1.807) is 6.92 Å². The predicted molar refractivity (Wildman–Crippen MR) is 56.4 cm³/mol. The number of alkyl halides is 2. The van der Waals surface area contributed by atoms with E-state index in [4.69, 9.17) is 9.47 Å². The summed E-state index contributed by atoms with van der Waals surface area (Å²) in [4.78, 5) is 15.4. The molecular formula is C11H13F2NO3. The Kier molecular flexibility index (Phi) is 4.37. The number of esters is 1. The summed E-state index contributed by atoms with van der Waals surface area (Å²) in [5.74, 6) is -1.00. The summed E-state index contributed by atoms with van der Waals surface area (Å²) in [5.41, 5.74) is -0.267. The lowest BCUT2D eigenvalue weighted by Gasteiger charge is -2.12. The number of carbonyl (C=O) groups is 1. The number of hydrogen-bond donors (Lipinski definition) is 0. The smallest absolute Gasteiger partial charge is 0.360 e. The van der Waals surface area contributed by atoms with Crippen LogP contribution in [-0.2, 0) is 4.74 Å². The highest BCUT2D eigenvalue weighted by Crippen LogP contribution is 2.32. The zero-order valence-corrected chi connectivity index (χ0v) is 9.79. The van der Waals surface area contributed by atoms with Gasteiger partial charge < -0.3 is 9.47 Å². The van der Waals surface area contributed by atoms with Crippen LogP contribution in [0.2, 0.25) is 0 Å². The summed E-state index contributed by atoms with van der Waals surface area (Å²) >= 11 is 0. The Morgan fingerprint density at radius 3 is 2.65 bits per heavy atom. The molecule has 17 heavy (non-hydrogen) atoms. The molecule has 0 aliphatic carbocycles. The molecule has 94 valence electrons. The summed E-state index contributed by atoms with van der Waals surface area (Å²) in [6, 6.07) is 1.19. The van der Waals surface area contributed by atoms with Gasteiger partial charge in [0.05, 0.1) is 19.3 Å². The first-order valence-corrected chi connectivity index (χ1v) is 5.02. The van der Waals surface area contributed by atoms with Gasteiger partial charge in [-0.25, -0.2) is 18.6 Å². The molecule has 0 fully saturated rings. The number of halogens is 2. The fourth-order valence-electron chi connectivity index (χ4n) is 1.40. The van der Waals surface area contributed by atoms with Gasteiger partial charge in [0, 0.05) is 5.69 Å². The minimum Gasteiger partial charge on any atom is -0.494 e. The Morgan fingerprint density at radius 2 is 2.18 bits per heavy atom. The Labute approximate surface area is 97.6 Å². The third-order valence-corrected chi connectivity index (χ3v) is 2.04. The Morgan fingerprint density at radius 1 is 1.53 bits per heavy atom. The van der Waals surface area contributed by atoms with Crippen LogP contribution in [0.25, 0.3) is 0 Å². The molecule has 0 aliphatic rings. The van der Waals surface area contributed by atoms with Crippen LogP contribution in [0.4, 0.5) is 8.78 Å². The van der Waals surface area contributed by atoms with Crippen LogP contribution in [-0.4, -0.2) is 24.7 Å². The highest BCUT2D eigenvalue weighted by molar-refractivity contribution is 5.91. The molecule has 0 amide bonds. The number of hydrogen-bond acceptors (Lipinski definition) is 4. The lowest BCUT2D eigenvalue weighted by Crippen LogP contribution is -2.12. The Bertz CT molecular complexity index is 421. The quantitative estimate of drug-likeness (QED) is 0.765. The molecule has 0 saturated carbocycles. The maximum Gasteiger partial charge on any atom is 0.360 e. The van der Waals surface area contributed by atoms with Crippen LogP contribution in [0.3, 0.4) is 0 Å². The third kappa shape index (κ3) is 2.89. The molecule has 1 aromatic rings. The number of aryl methyl sites for hydroxylation is 1. The summed E-state index contributed by atoms with van der Waals surface area (Å²) in [7, 11) is 1.21. The summed E-state index contributed by atoms with van der Waals surface area (Å²) in [5, 5.41) is 0. The summed E-state index contributed by atoms with van der Waals surface area (Å²) < 4.78 is 35.1. The Balaban J connectivity index is 3.32. The van der Waals surface area contributed by atoms with E-state index >= 15 is 0 Å². The lowest BCUT2D eigenvalue weighted by molar-refractivity contribution is 0.0514. The van der Waals surface area contributed by atoms with E-state index in [1.807, 2.05) is 0 Å². The fraction of sp³-hybridized carbons (Fsp3) is 0.455. The SMILES string of the molecule is CCOC(=O)c1nc(C)cc(C(F)F)c1OC. The van der Waals surface area contributed by atoms with Gasteiger partial charge in [-0.15, -0.1) is 0 Å². The molecule has 0 atom stereocenters. The molecule has 0 aromatic carbocycles. The van der Waals surface area contributed by atoms with Gasteiger partial charge in [0.25, 0.3) is 6.43 Å². The van der Waals surface area contributed by atoms with Crippen LogP contribution >= 0.6 is 0 Å². The molecule has 1 heterocycles. The molecule has 1 aromatic heterocycles. The Hall–Kier alpha value is -1.72. The van der Waals surface area contributed by atoms with Crippen LogP contribution in [0.5, 0.6) is 5.75 Å². The average Bonchev–Trinajstić information content (AvgIpc) is 2.28. The fourth-order valence-corrected chi connectivity index (χ4v) is 1.40. The van der Waals surface area contributed by atoms with Gasteiger partial charge in [0.1, 0.15) is 0 Å². The van der Waals surface area contributed by atoms with Gasteiger partial charge in [-0.05, 0) is 19.9 Å². The zero-order valence-electron chi connectivity index (χ0n) is 9.79. The minimum atomic E-state index is -2.74. The average molecular weight is 245 g/mol. The first-order valence-electron chi connectivity index (χ1n) is 5.02. The van der Waals surface area contributed by atoms with Gasteiger partial charge in [0.2, 0.25) is 0 Å². The second-order valence-corrected chi connectivity index (χ2v) is 3.26. The van der Waals surface area contributed by atoms with Crippen molar-refractivity contribution in [1.82, 2.24) is 4.98 Å². The van der Waals surface area contributed by atoms with Crippen LogP contribution in [0, 0.1) is 6.92 Å². The largest absolute Gasteiger partial charge is 0.494 e. The van der Waals surface area contributed by atoms with Crippen molar-refractivity contribution in [2.45, 2.75) is 20.3 Å². The molecular weight excluding hydrogens is 232 g/mol. The summed E-state index contributed by atoms with van der Waals surface area (Å²) in [6.45, 7) is 3.28. The van der Waals surface area contributed by atoms with Gasteiger partial charge in [0.15, 0.2) is 11.4 Å². The minimum absolute atomic E-state index is 0.140. The number of rotatable bonds is 4. The lowest BCUT2D eigenvalue weighted by atomic mass is 10.1. The highest BCUT2D eigenvalue weighted by atomic mass is 19.3. The number of carbonyl (C=O) groups excluding carboxylic acids is 1. The standard InChI is InChI=1S/C11H13F2NO3/c1-4-17-11(15)8-9(16-3)7(10(12)13)5-6(2)14-8/h5,10H,4H2,1-3H3. The van der Waals surface area contributed by atoms with Crippen LogP contribution in [0.15, 0.2) is 6.07 Å². The van der Waals surface area contributed by atoms with Crippen molar-refractivity contribution in [2.75, 3.05) is 13.7 Å². The van der Waals surface area contributed by atoms with Gasteiger partial charge in [-0.1, -0.05) is 0 Å². The van der Waals surface area contributed by atoms with E-state index in [0.717, 1.165) is 0 Å². The molecule has 0 N–H and O–H groups in total. The van der Waals surface area contributed by atoms with Crippen LogP contribution in [0.1, 0.15) is 35.1 Å². The highest BCUT2D eigenvalue weighted by Gasteiger charge is 2.24. The van der Waals surface area contributed by atoms with Crippen molar-refractivity contribution in [3.63, 3.8) is 0 Å². The van der Waals surface area contributed by atoms with E-state index in [9.17, 15) is 13.6 Å². The molecule has 0 bridgehead atoms. The molecule has 0 radical (unpaired) electrons. The number of aromatic nitrogens is 1. The third-order valence-electron chi connectivity index (χ3n) is 2.04. The van der Waals surface area contributed by atoms with E-state index in [2.05, 4.69) is 4.98 Å². The molecule has 0 unspecified atom stereocenters. The molecule has 6 heteroatoms. The molecule has 0 aliphatic heterocycles. The predicted octanol–water partition coefficient (Wildman–Crippen LogP) is 2.51. The number of methoxy groups -OCH3 is 1. The molecule has 0 spiro atoms. The van der Waals surface area contributed by atoms with Crippen molar-refractivity contribution < 1.29 is 23.0 Å². The van der Waals surface area contributed by atoms with E-state index in [0.29, 0.717) is 5.69 Å². The number of nitrogens with zero attached hydrogens (tertiary/aromatic N) is 1. The molecule has 1 rings (SSSR count). The summed E-state index contributed by atoms with van der Waals surface area (Å²) in [6.07, 6.45) is -2.74. The van der Waals surface area contributed by atoms with Gasteiger partial charge in [-0.3, -0.25) is 0 Å². The van der Waals surface area contributed by atoms with Crippen molar-refractivity contribution in [1.29, 1.82) is 0 Å². The second kappa shape index (κ2) is 5.56. The zero-order chi connectivity index (χ0) is 13.0. The number of pyridine rings is 1. The number of ether oxygens (including phenoxy) is 2. The van der Waals surface area contributed by atoms with Crippen molar-refractivity contribution in [3.05, 3.63) is 23.0 Å². The van der Waals surface area contributed by atoms with E-state index in [-0.39, 0.29) is 23.6 Å². The van der Waals surface area contributed by atoms with Crippen molar-refractivity contribution in [2.24, 2.45) is 0 Å². The van der Waals surface area contributed by atoms with Crippen LogP contribution < -0.4 is 4.74 Å². The van der Waals surface area contributed by atoms with E-state index in [1.165, 1.54) is 20.1 Å². The second-order valence-electron chi connectivity index (χ2n) is 3.26. The maximum absolute atomic E-state index is 12.8. The first-order chi connectivity index (χ1) is 8.01. The van der Waals surface area contributed by atoms with Crippen molar-refractivity contribution >= 4 is 5.97 Å². The monoisotopic (exact) mass is 245 g/mol. The maximum atomic E-state index is 12.8.